The van der Waals surface area contributed by atoms with Crippen molar-refractivity contribution in [2.24, 2.45) is 0 Å². The standard InChI is InChI=1S/C23H27N3O2/c27-22(26-14-12-19-9-4-5-10-20(19)17-26)15-24-23(28)21-11-6-13-25(21)16-18-7-2-1-3-8-18/h1-5,7-10,21H,6,11-17H2,(H,24,28). The molecule has 2 heterocycles. The minimum atomic E-state index is -0.143. The topological polar surface area (TPSA) is 52.7 Å². The van der Waals surface area contributed by atoms with Crippen molar-refractivity contribution < 1.29 is 9.59 Å². The van der Waals surface area contributed by atoms with E-state index in [1.165, 1.54) is 16.7 Å². The number of nitrogens with zero attached hydrogens (tertiary/aromatic N) is 2. The lowest BCUT2D eigenvalue weighted by Crippen LogP contribution is -2.47. The minimum absolute atomic E-state index is 0.00420. The van der Waals surface area contributed by atoms with Crippen LogP contribution in [0.4, 0.5) is 0 Å². The average Bonchev–Trinajstić information content (AvgIpc) is 3.20. The second kappa shape index (κ2) is 8.57. The van der Waals surface area contributed by atoms with Crippen molar-refractivity contribution in [3.8, 4) is 0 Å². The maximum absolute atomic E-state index is 12.7. The van der Waals surface area contributed by atoms with Gasteiger partial charge in [0.05, 0.1) is 12.6 Å². The first-order valence-electron chi connectivity index (χ1n) is 10.1. The average molecular weight is 377 g/mol. The monoisotopic (exact) mass is 377 g/mol. The number of rotatable bonds is 5. The number of amides is 2. The Balaban J connectivity index is 1.29. The Hall–Kier alpha value is -2.66. The van der Waals surface area contributed by atoms with E-state index in [0.29, 0.717) is 6.54 Å². The SMILES string of the molecule is O=C(NCC(=O)N1CCc2ccccc2C1)C1CCCN1Cc1ccccc1. The normalized spacial score (nSPS) is 19.3. The number of hydrogen-bond donors (Lipinski definition) is 1. The van der Waals surface area contributed by atoms with E-state index < -0.39 is 0 Å². The fourth-order valence-electron chi connectivity index (χ4n) is 4.23. The van der Waals surface area contributed by atoms with Crippen LogP contribution in [0, 0.1) is 0 Å². The summed E-state index contributed by atoms with van der Waals surface area (Å²) >= 11 is 0. The zero-order valence-corrected chi connectivity index (χ0v) is 16.1. The van der Waals surface area contributed by atoms with Crippen LogP contribution in [0.15, 0.2) is 54.6 Å². The Kier molecular flexibility index (Phi) is 5.72. The lowest BCUT2D eigenvalue weighted by atomic mass is 10.00. The second-order valence-corrected chi connectivity index (χ2v) is 7.67. The van der Waals surface area contributed by atoms with Gasteiger partial charge in [0, 0.05) is 19.6 Å². The highest BCUT2D eigenvalue weighted by Crippen LogP contribution is 2.21. The van der Waals surface area contributed by atoms with Gasteiger partial charge in [-0.15, -0.1) is 0 Å². The molecule has 2 aromatic rings. The van der Waals surface area contributed by atoms with Crippen molar-refractivity contribution in [2.75, 3.05) is 19.6 Å². The Labute approximate surface area is 166 Å². The highest BCUT2D eigenvalue weighted by molar-refractivity contribution is 5.87. The molecule has 0 aromatic heterocycles. The lowest BCUT2D eigenvalue weighted by Gasteiger charge is -2.29. The molecule has 28 heavy (non-hydrogen) atoms. The van der Waals surface area contributed by atoms with E-state index in [-0.39, 0.29) is 24.4 Å². The van der Waals surface area contributed by atoms with Crippen LogP contribution >= 0.6 is 0 Å². The van der Waals surface area contributed by atoms with E-state index in [4.69, 9.17) is 0 Å². The predicted octanol–water partition coefficient (Wildman–Crippen LogP) is 2.35. The minimum Gasteiger partial charge on any atom is -0.346 e. The maximum Gasteiger partial charge on any atom is 0.242 e. The first-order chi connectivity index (χ1) is 13.7. The molecule has 5 nitrogen and oxygen atoms in total. The smallest absolute Gasteiger partial charge is 0.242 e. The summed E-state index contributed by atoms with van der Waals surface area (Å²) in [5.41, 5.74) is 3.74. The molecule has 0 saturated carbocycles. The molecule has 1 N–H and O–H groups in total. The van der Waals surface area contributed by atoms with E-state index >= 15 is 0 Å². The molecule has 1 saturated heterocycles. The number of likely N-dealkylation sites (tertiary alicyclic amines) is 1. The van der Waals surface area contributed by atoms with Crippen LogP contribution in [0.2, 0.25) is 0 Å². The Morgan fingerprint density at radius 2 is 1.71 bits per heavy atom. The molecule has 0 bridgehead atoms. The summed E-state index contributed by atoms with van der Waals surface area (Å²) in [4.78, 5) is 29.4. The molecule has 1 unspecified atom stereocenters. The second-order valence-electron chi connectivity index (χ2n) is 7.67. The van der Waals surface area contributed by atoms with Gasteiger partial charge in [0.2, 0.25) is 11.8 Å². The van der Waals surface area contributed by atoms with Crippen molar-refractivity contribution in [1.29, 1.82) is 0 Å². The molecule has 1 fully saturated rings. The highest BCUT2D eigenvalue weighted by Gasteiger charge is 2.31. The molecule has 2 amide bonds. The van der Waals surface area contributed by atoms with Crippen LogP contribution < -0.4 is 5.32 Å². The third kappa shape index (κ3) is 4.25. The van der Waals surface area contributed by atoms with Gasteiger partial charge in [-0.05, 0) is 42.5 Å². The van der Waals surface area contributed by atoms with Crippen molar-refractivity contribution in [3.63, 3.8) is 0 Å². The van der Waals surface area contributed by atoms with Gasteiger partial charge >= 0.3 is 0 Å². The third-order valence-corrected chi connectivity index (χ3v) is 5.79. The van der Waals surface area contributed by atoms with E-state index in [2.05, 4.69) is 34.5 Å². The molecule has 146 valence electrons. The molecular formula is C23H27N3O2. The van der Waals surface area contributed by atoms with Crippen LogP contribution in [0.1, 0.15) is 29.5 Å². The van der Waals surface area contributed by atoms with E-state index in [0.717, 1.165) is 38.9 Å². The number of benzene rings is 2. The molecule has 1 atom stereocenters. The summed E-state index contributed by atoms with van der Waals surface area (Å²) in [6.07, 6.45) is 2.75. The van der Waals surface area contributed by atoms with Crippen LogP contribution in [-0.4, -0.2) is 47.3 Å². The van der Waals surface area contributed by atoms with Gasteiger partial charge in [0.1, 0.15) is 0 Å². The lowest BCUT2D eigenvalue weighted by molar-refractivity contribution is -0.134. The number of hydrogen-bond acceptors (Lipinski definition) is 3. The van der Waals surface area contributed by atoms with Crippen LogP contribution in [-0.2, 0) is 29.1 Å². The summed E-state index contributed by atoms with van der Waals surface area (Å²) in [6, 6.07) is 18.3. The first kappa shape index (κ1) is 18.7. The van der Waals surface area contributed by atoms with Crippen LogP contribution in [0.25, 0.3) is 0 Å². The third-order valence-electron chi connectivity index (χ3n) is 5.79. The Bertz CT molecular complexity index is 837. The van der Waals surface area contributed by atoms with Gasteiger partial charge in [-0.2, -0.15) is 0 Å². The molecule has 0 aliphatic carbocycles. The molecule has 2 aliphatic rings. The number of fused-ring (bicyclic) bond motifs is 1. The Morgan fingerprint density at radius 1 is 0.964 bits per heavy atom. The zero-order chi connectivity index (χ0) is 19.3. The largest absolute Gasteiger partial charge is 0.346 e. The number of carbonyl (C=O) groups is 2. The molecule has 0 radical (unpaired) electrons. The molecule has 2 aromatic carbocycles. The summed E-state index contributed by atoms with van der Waals surface area (Å²) in [5.74, 6) is -0.0327. The van der Waals surface area contributed by atoms with Gasteiger partial charge < -0.3 is 10.2 Å². The molecule has 2 aliphatic heterocycles. The predicted molar refractivity (Wildman–Crippen MR) is 108 cm³/mol. The maximum atomic E-state index is 12.7. The first-order valence-corrected chi connectivity index (χ1v) is 10.1. The molecular weight excluding hydrogens is 350 g/mol. The fourth-order valence-corrected chi connectivity index (χ4v) is 4.23. The summed E-state index contributed by atoms with van der Waals surface area (Å²) in [6.45, 7) is 3.13. The van der Waals surface area contributed by atoms with E-state index in [1.54, 1.807) is 0 Å². The number of nitrogens with one attached hydrogen (secondary N) is 1. The van der Waals surface area contributed by atoms with Gasteiger partial charge in [0.15, 0.2) is 0 Å². The van der Waals surface area contributed by atoms with Crippen molar-refractivity contribution in [1.82, 2.24) is 15.1 Å². The quantitative estimate of drug-likeness (QED) is 0.870. The van der Waals surface area contributed by atoms with Crippen molar-refractivity contribution in [3.05, 3.63) is 71.3 Å². The molecule has 4 rings (SSSR count). The van der Waals surface area contributed by atoms with E-state index in [1.807, 2.05) is 35.2 Å². The van der Waals surface area contributed by atoms with Crippen molar-refractivity contribution >= 4 is 11.8 Å². The highest BCUT2D eigenvalue weighted by atomic mass is 16.2. The van der Waals surface area contributed by atoms with Gasteiger partial charge in [-0.3, -0.25) is 14.5 Å². The summed E-state index contributed by atoms with van der Waals surface area (Å²) < 4.78 is 0. The van der Waals surface area contributed by atoms with Crippen LogP contribution in [0.3, 0.4) is 0 Å². The summed E-state index contributed by atoms with van der Waals surface area (Å²) in [7, 11) is 0. The van der Waals surface area contributed by atoms with Crippen molar-refractivity contribution in [2.45, 2.75) is 38.4 Å². The fraction of sp³-hybridized carbons (Fsp3) is 0.391. The number of carbonyl (C=O) groups excluding carboxylic acids is 2. The van der Waals surface area contributed by atoms with Crippen LogP contribution in [0.5, 0.6) is 0 Å². The Morgan fingerprint density at radius 3 is 2.54 bits per heavy atom. The molecule has 5 heteroatoms. The van der Waals surface area contributed by atoms with Gasteiger partial charge in [-0.25, -0.2) is 0 Å². The summed E-state index contributed by atoms with van der Waals surface area (Å²) in [5, 5.41) is 2.89. The van der Waals surface area contributed by atoms with E-state index in [9.17, 15) is 9.59 Å². The van der Waals surface area contributed by atoms with Gasteiger partial charge in [0.25, 0.3) is 0 Å². The zero-order valence-electron chi connectivity index (χ0n) is 16.1. The van der Waals surface area contributed by atoms with Gasteiger partial charge in [-0.1, -0.05) is 54.6 Å². The molecule has 0 spiro atoms.